The van der Waals surface area contributed by atoms with Gasteiger partial charge in [-0.1, -0.05) is 30.6 Å². The van der Waals surface area contributed by atoms with Crippen LogP contribution in [0, 0.1) is 0 Å². The minimum absolute atomic E-state index is 0.263. The number of nitrogens with zero attached hydrogens (tertiary/aromatic N) is 2. The van der Waals surface area contributed by atoms with Gasteiger partial charge in [-0.2, -0.15) is 4.98 Å². The van der Waals surface area contributed by atoms with Crippen LogP contribution in [0.1, 0.15) is 50.1 Å². The third kappa shape index (κ3) is 4.06. The fourth-order valence-corrected chi connectivity index (χ4v) is 1.79. The van der Waals surface area contributed by atoms with Gasteiger partial charge < -0.3 is 14.4 Å². The molecule has 0 bridgehead atoms. The smallest absolute Gasteiger partial charge is 0.226 e. The molecule has 1 atom stereocenters. The van der Waals surface area contributed by atoms with Crippen LogP contribution in [0.5, 0.6) is 5.75 Å². The first kappa shape index (κ1) is 14.5. The molecule has 5 nitrogen and oxygen atoms in total. The number of aliphatic hydroxyl groups excluding tert-OH is 1. The van der Waals surface area contributed by atoms with Crippen molar-refractivity contribution >= 4 is 0 Å². The average Bonchev–Trinajstić information content (AvgIpc) is 2.91. The van der Waals surface area contributed by atoms with Gasteiger partial charge in [-0.05, 0) is 31.0 Å². The molecule has 0 aliphatic carbocycles. The molecule has 108 valence electrons. The molecule has 2 aromatic rings. The first-order valence-corrected chi connectivity index (χ1v) is 6.91. The Morgan fingerprint density at radius 3 is 3.00 bits per heavy atom. The van der Waals surface area contributed by atoms with E-state index in [1.807, 2.05) is 24.3 Å². The highest BCUT2D eigenvalue weighted by molar-refractivity contribution is 5.29. The maximum Gasteiger partial charge on any atom is 0.226 e. The number of aryl methyl sites for hydroxylation is 1. The summed E-state index contributed by atoms with van der Waals surface area (Å²) in [7, 11) is 0. The van der Waals surface area contributed by atoms with Crippen LogP contribution >= 0.6 is 0 Å². The van der Waals surface area contributed by atoms with Gasteiger partial charge in [-0.3, -0.25) is 0 Å². The second-order valence-electron chi connectivity index (χ2n) is 4.75. The fraction of sp³-hybridized carbons (Fsp3) is 0.467. The summed E-state index contributed by atoms with van der Waals surface area (Å²) in [4.78, 5) is 4.27. The number of aliphatic hydroxyl groups is 1. The van der Waals surface area contributed by atoms with E-state index in [4.69, 9.17) is 9.26 Å². The minimum atomic E-state index is -0.510. The second kappa shape index (κ2) is 7.05. The minimum Gasteiger partial charge on any atom is -0.485 e. The standard InChI is InChI=1S/C15H20N2O3/c1-3-4-8-15-16-14(17-20-15)10-19-13-7-5-6-12(9-13)11(2)18/h5-7,9,11,18H,3-4,8,10H2,1-2H3. The van der Waals surface area contributed by atoms with Gasteiger partial charge in [-0.25, -0.2) is 0 Å². The summed E-state index contributed by atoms with van der Waals surface area (Å²) in [5, 5.41) is 13.4. The molecule has 1 aromatic heterocycles. The van der Waals surface area contributed by atoms with Crippen molar-refractivity contribution in [1.82, 2.24) is 10.1 Å². The number of hydrogen-bond acceptors (Lipinski definition) is 5. The van der Waals surface area contributed by atoms with E-state index in [0.717, 1.165) is 24.8 Å². The van der Waals surface area contributed by atoms with Crippen LogP contribution in [-0.4, -0.2) is 15.2 Å². The van der Waals surface area contributed by atoms with E-state index in [-0.39, 0.29) is 6.61 Å². The number of ether oxygens (including phenoxy) is 1. The van der Waals surface area contributed by atoms with Crippen molar-refractivity contribution in [2.75, 3.05) is 0 Å². The summed E-state index contributed by atoms with van der Waals surface area (Å²) in [6.45, 7) is 4.10. The summed E-state index contributed by atoms with van der Waals surface area (Å²) in [6, 6.07) is 7.35. The van der Waals surface area contributed by atoms with Crippen molar-refractivity contribution in [2.45, 2.75) is 45.8 Å². The predicted octanol–water partition coefficient (Wildman–Crippen LogP) is 3.04. The SMILES string of the molecule is CCCCc1nc(COc2cccc(C(C)O)c2)no1. The Bertz CT molecular complexity index is 537. The third-order valence-electron chi connectivity index (χ3n) is 2.96. The Morgan fingerprint density at radius 2 is 2.25 bits per heavy atom. The molecule has 5 heteroatoms. The summed E-state index contributed by atoms with van der Waals surface area (Å²) in [6.07, 6.45) is 2.43. The number of unbranched alkanes of at least 4 members (excludes halogenated alkanes) is 1. The molecule has 0 aliphatic rings. The molecule has 1 N–H and O–H groups in total. The van der Waals surface area contributed by atoms with Gasteiger partial charge >= 0.3 is 0 Å². The quantitative estimate of drug-likeness (QED) is 0.841. The zero-order chi connectivity index (χ0) is 14.4. The van der Waals surface area contributed by atoms with Gasteiger partial charge in [0.1, 0.15) is 5.75 Å². The Kier molecular flexibility index (Phi) is 5.12. The van der Waals surface area contributed by atoms with E-state index in [1.54, 1.807) is 6.92 Å². The van der Waals surface area contributed by atoms with Gasteiger partial charge in [-0.15, -0.1) is 0 Å². The molecule has 20 heavy (non-hydrogen) atoms. The predicted molar refractivity (Wildman–Crippen MR) is 74.3 cm³/mol. The zero-order valence-corrected chi connectivity index (χ0v) is 11.9. The maximum absolute atomic E-state index is 9.52. The molecule has 1 heterocycles. The molecular weight excluding hydrogens is 256 g/mol. The lowest BCUT2D eigenvalue weighted by Crippen LogP contribution is -1.99. The van der Waals surface area contributed by atoms with Crippen molar-refractivity contribution in [3.63, 3.8) is 0 Å². The molecule has 0 fully saturated rings. The Hall–Kier alpha value is -1.88. The normalized spacial score (nSPS) is 12.3. The molecule has 0 saturated heterocycles. The van der Waals surface area contributed by atoms with Crippen LogP contribution in [-0.2, 0) is 13.0 Å². The lowest BCUT2D eigenvalue weighted by molar-refractivity contribution is 0.198. The molecule has 0 aliphatic heterocycles. The van der Waals surface area contributed by atoms with Gasteiger partial charge in [0.05, 0.1) is 6.10 Å². The van der Waals surface area contributed by atoms with Crippen LogP contribution in [0.3, 0.4) is 0 Å². The van der Waals surface area contributed by atoms with E-state index in [9.17, 15) is 5.11 Å². The number of rotatable bonds is 7. The largest absolute Gasteiger partial charge is 0.485 e. The van der Waals surface area contributed by atoms with Crippen molar-refractivity contribution in [1.29, 1.82) is 0 Å². The molecule has 1 aromatic carbocycles. The molecule has 1 unspecified atom stereocenters. The van der Waals surface area contributed by atoms with Crippen LogP contribution < -0.4 is 4.74 Å². The highest BCUT2D eigenvalue weighted by Gasteiger charge is 2.07. The first-order chi connectivity index (χ1) is 9.69. The molecular formula is C15H20N2O3. The summed E-state index contributed by atoms with van der Waals surface area (Å²) >= 11 is 0. The van der Waals surface area contributed by atoms with E-state index in [1.165, 1.54) is 0 Å². The van der Waals surface area contributed by atoms with E-state index in [0.29, 0.717) is 17.5 Å². The van der Waals surface area contributed by atoms with Crippen molar-refractivity contribution in [3.05, 3.63) is 41.5 Å². The van der Waals surface area contributed by atoms with Crippen LogP contribution in [0.2, 0.25) is 0 Å². The van der Waals surface area contributed by atoms with Gasteiger partial charge in [0.2, 0.25) is 11.7 Å². The van der Waals surface area contributed by atoms with Gasteiger partial charge in [0.25, 0.3) is 0 Å². The fourth-order valence-electron chi connectivity index (χ4n) is 1.79. The highest BCUT2D eigenvalue weighted by Crippen LogP contribution is 2.19. The van der Waals surface area contributed by atoms with Crippen LogP contribution in [0.4, 0.5) is 0 Å². The van der Waals surface area contributed by atoms with Crippen molar-refractivity contribution < 1.29 is 14.4 Å². The van der Waals surface area contributed by atoms with Gasteiger partial charge in [0.15, 0.2) is 6.61 Å². The lowest BCUT2D eigenvalue weighted by atomic mass is 10.1. The topological polar surface area (TPSA) is 68.4 Å². The van der Waals surface area contributed by atoms with Crippen molar-refractivity contribution in [2.24, 2.45) is 0 Å². The third-order valence-corrected chi connectivity index (χ3v) is 2.96. The zero-order valence-electron chi connectivity index (χ0n) is 11.9. The number of hydrogen-bond donors (Lipinski definition) is 1. The Balaban J connectivity index is 1.91. The molecule has 0 spiro atoms. The molecule has 0 amide bonds. The Morgan fingerprint density at radius 1 is 1.40 bits per heavy atom. The molecule has 0 radical (unpaired) electrons. The van der Waals surface area contributed by atoms with Crippen LogP contribution in [0.15, 0.2) is 28.8 Å². The number of aromatic nitrogens is 2. The highest BCUT2D eigenvalue weighted by atomic mass is 16.5. The first-order valence-electron chi connectivity index (χ1n) is 6.91. The second-order valence-corrected chi connectivity index (χ2v) is 4.75. The molecule has 2 rings (SSSR count). The van der Waals surface area contributed by atoms with E-state index in [2.05, 4.69) is 17.1 Å². The van der Waals surface area contributed by atoms with E-state index >= 15 is 0 Å². The summed E-state index contributed by atoms with van der Waals surface area (Å²) in [5.74, 6) is 1.88. The van der Waals surface area contributed by atoms with E-state index < -0.39 is 6.10 Å². The lowest BCUT2D eigenvalue weighted by Gasteiger charge is -2.07. The maximum atomic E-state index is 9.52. The monoisotopic (exact) mass is 276 g/mol. The average molecular weight is 276 g/mol. The van der Waals surface area contributed by atoms with Gasteiger partial charge in [0, 0.05) is 6.42 Å². The number of benzene rings is 1. The summed E-state index contributed by atoms with van der Waals surface area (Å²) < 4.78 is 10.7. The van der Waals surface area contributed by atoms with Crippen LogP contribution in [0.25, 0.3) is 0 Å². The van der Waals surface area contributed by atoms with Crippen molar-refractivity contribution in [3.8, 4) is 5.75 Å². The Labute approximate surface area is 118 Å². The summed E-state index contributed by atoms with van der Waals surface area (Å²) in [5.41, 5.74) is 0.819. The molecule has 0 saturated carbocycles.